The summed E-state index contributed by atoms with van der Waals surface area (Å²) in [5.74, 6) is -1.56. The number of phenols is 3. The number of benzene rings is 2. The van der Waals surface area contributed by atoms with Crippen molar-refractivity contribution in [1.82, 2.24) is 4.90 Å². The molecule has 1 aliphatic rings. The molecule has 0 bridgehead atoms. The second-order valence-corrected chi connectivity index (χ2v) is 7.29. The minimum atomic E-state index is -0.838. The first-order valence-corrected chi connectivity index (χ1v) is 9.92. The predicted molar refractivity (Wildman–Crippen MR) is 112 cm³/mol. The monoisotopic (exact) mass is 429 g/mol. The molecule has 9 nitrogen and oxygen atoms in total. The predicted octanol–water partition coefficient (Wildman–Crippen LogP) is 2.38. The van der Waals surface area contributed by atoms with Crippen LogP contribution in [0.3, 0.4) is 0 Å². The van der Waals surface area contributed by atoms with E-state index >= 15 is 0 Å². The van der Waals surface area contributed by atoms with Gasteiger partial charge in [0.15, 0.2) is 17.3 Å². The smallest absolute Gasteiger partial charge is 0.238 e. The highest BCUT2D eigenvalue weighted by atomic mass is 16.5. The molecule has 3 aromatic rings. The molecular weight excluding hydrogens is 406 g/mol. The van der Waals surface area contributed by atoms with Gasteiger partial charge >= 0.3 is 0 Å². The average Bonchev–Trinajstić information content (AvgIpc) is 2.75. The summed E-state index contributed by atoms with van der Waals surface area (Å²) in [6, 6.07) is 6.44. The van der Waals surface area contributed by atoms with E-state index in [1.165, 1.54) is 24.3 Å². The lowest BCUT2D eigenvalue weighted by atomic mass is 10.1. The first-order chi connectivity index (χ1) is 14.9. The molecule has 1 saturated heterocycles. The van der Waals surface area contributed by atoms with Gasteiger partial charge in [0.2, 0.25) is 11.2 Å². The Hall–Kier alpha value is -3.43. The molecular formula is C22H23NO8. The Labute approximate surface area is 177 Å². The lowest BCUT2D eigenvalue weighted by molar-refractivity contribution is 0.0357. The SMILES string of the molecule is O=c1c(O)c(-c2ccc(O)c(OCCCN3CCOCC3)c2)oc2cc(O)cc(O)c12. The van der Waals surface area contributed by atoms with E-state index in [-0.39, 0.29) is 34.0 Å². The summed E-state index contributed by atoms with van der Waals surface area (Å²) in [5.41, 5.74) is -0.633. The number of phenolic OH excluding ortho intramolecular Hbond substituents is 3. The highest BCUT2D eigenvalue weighted by Crippen LogP contribution is 2.38. The maximum absolute atomic E-state index is 12.5. The second kappa shape index (κ2) is 8.75. The van der Waals surface area contributed by atoms with Crippen molar-refractivity contribution in [2.45, 2.75) is 6.42 Å². The molecule has 0 atom stereocenters. The van der Waals surface area contributed by atoms with E-state index in [1.54, 1.807) is 0 Å². The van der Waals surface area contributed by atoms with Crippen molar-refractivity contribution in [2.24, 2.45) is 0 Å². The van der Waals surface area contributed by atoms with Gasteiger partial charge in [-0.2, -0.15) is 0 Å². The molecule has 4 N–H and O–H groups in total. The highest BCUT2D eigenvalue weighted by Gasteiger charge is 2.20. The molecule has 1 aromatic heterocycles. The Bertz CT molecular complexity index is 1150. The minimum Gasteiger partial charge on any atom is -0.508 e. The van der Waals surface area contributed by atoms with Crippen molar-refractivity contribution in [1.29, 1.82) is 0 Å². The van der Waals surface area contributed by atoms with Gasteiger partial charge in [0.25, 0.3) is 0 Å². The lowest BCUT2D eigenvalue weighted by Crippen LogP contribution is -2.37. The van der Waals surface area contributed by atoms with E-state index < -0.39 is 16.9 Å². The topological polar surface area (TPSA) is 133 Å². The third-order valence-electron chi connectivity index (χ3n) is 5.14. The number of ether oxygens (including phenoxy) is 2. The first-order valence-electron chi connectivity index (χ1n) is 9.92. The summed E-state index contributed by atoms with van der Waals surface area (Å²) < 4.78 is 16.6. The lowest BCUT2D eigenvalue weighted by Gasteiger charge is -2.26. The quantitative estimate of drug-likeness (QED) is 0.436. The summed E-state index contributed by atoms with van der Waals surface area (Å²) in [7, 11) is 0. The third-order valence-corrected chi connectivity index (χ3v) is 5.14. The molecule has 0 saturated carbocycles. The summed E-state index contributed by atoms with van der Waals surface area (Å²) >= 11 is 0. The van der Waals surface area contributed by atoms with E-state index in [2.05, 4.69) is 4.90 Å². The number of nitrogens with zero attached hydrogens (tertiary/aromatic N) is 1. The molecule has 1 fully saturated rings. The fourth-order valence-corrected chi connectivity index (χ4v) is 3.54. The summed E-state index contributed by atoms with van der Waals surface area (Å²) in [4.78, 5) is 14.8. The van der Waals surface area contributed by atoms with Crippen LogP contribution < -0.4 is 10.2 Å². The zero-order valence-corrected chi connectivity index (χ0v) is 16.7. The van der Waals surface area contributed by atoms with E-state index in [4.69, 9.17) is 13.9 Å². The fourth-order valence-electron chi connectivity index (χ4n) is 3.54. The van der Waals surface area contributed by atoms with Gasteiger partial charge in [0, 0.05) is 37.3 Å². The van der Waals surface area contributed by atoms with Crippen LogP contribution in [0.4, 0.5) is 0 Å². The van der Waals surface area contributed by atoms with Crippen molar-refractivity contribution in [3.05, 3.63) is 40.6 Å². The van der Waals surface area contributed by atoms with Gasteiger partial charge in [-0.25, -0.2) is 0 Å². The van der Waals surface area contributed by atoms with E-state index in [0.717, 1.165) is 45.3 Å². The number of rotatable bonds is 6. The van der Waals surface area contributed by atoms with Gasteiger partial charge in [-0.3, -0.25) is 9.69 Å². The highest BCUT2D eigenvalue weighted by molar-refractivity contribution is 5.88. The van der Waals surface area contributed by atoms with Gasteiger partial charge < -0.3 is 34.3 Å². The van der Waals surface area contributed by atoms with Crippen LogP contribution in [0.1, 0.15) is 6.42 Å². The molecule has 9 heteroatoms. The van der Waals surface area contributed by atoms with Crippen LogP contribution in [-0.2, 0) is 4.74 Å². The van der Waals surface area contributed by atoms with Crippen molar-refractivity contribution in [2.75, 3.05) is 39.5 Å². The molecule has 1 aliphatic heterocycles. The Kier molecular flexibility index (Phi) is 5.88. The zero-order valence-electron chi connectivity index (χ0n) is 16.7. The molecule has 2 heterocycles. The van der Waals surface area contributed by atoms with Gasteiger partial charge in [-0.05, 0) is 24.6 Å². The van der Waals surface area contributed by atoms with E-state index in [0.29, 0.717) is 12.2 Å². The van der Waals surface area contributed by atoms with Crippen LogP contribution in [0.25, 0.3) is 22.3 Å². The first kappa shape index (κ1) is 20.8. The van der Waals surface area contributed by atoms with Gasteiger partial charge in [-0.1, -0.05) is 0 Å². The molecule has 2 aromatic carbocycles. The van der Waals surface area contributed by atoms with E-state index in [9.17, 15) is 25.2 Å². The second-order valence-electron chi connectivity index (χ2n) is 7.29. The third kappa shape index (κ3) is 4.37. The molecule has 0 aliphatic carbocycles. The summed E-state index contributed by atoms with van der Waals surface area (Å²) in [6.45, 7) is 4.42. The molecule has 4 rings (SSSR count). The minimum absolute atomic E-state index is 0.0867. The Morgan fingerprint density at radius 3 is 2.55 bits per heavy atom. The number of hydrogen-bond acceptors (Lipinski definition) is 9. The van der Waals surface area contributed by atoms with Crippen LogP contribution in [0.5, 0.6) is 28.7 Å². The molecule has 164 valence electrons. The van der Waals surface area contributed by atoms with Crippen molar-refractivity contribution in [3.8, 4) is 40.1 Å². The van der Waals surface area contributed by atoms with Gasteiger partial charge in [-0.15, -0.1) is 0 Å². The zero-order chi connectivity index (χ0) is 22.0. The van der Waals surface area contributed by atoms with Crippen LogP contribution in [0.2, 0.25) is 0 Å². The van der Waals surface area contributed by atoms with Crippen LogP contribution in [0.15, 0.2) is 39.5 Å². The Morgan fingerprint density at radius 2 is 1.77 bits per heavy atom. The number of morpholine rings is 1. The number of aromatic hydroxyl groups is 4. The van der Waals surface area contributed by atoms with Crippen LogP contribution >= 0.6 is 0 Å². The molecule has 31 heavy (non-hydrogen) atoms. The van der Waals surface area contributed by atoms with Gasteiger partial charge in [0.1, 0.15) is 22.5 Å². The van der Waals surface area contributed by atoms with Crippen molar-refractivity contribution >= 4 is 11.0 Å². The van der Waals surface area contributed by atoms with Crippen LogP contribution in [-0.4, -0.2) is 64.8 Å². The Balaban J connectivity index is 1.57. The molecule has 0 unspecified atom stereocenters. The molecule has 0 radical (unpaired) electrons. The largest absolute Gasteiger partial charge is 0.508 e. The maximum atomic E-state index is 12.5. The van der Waals surface area contributed by atoms with E-state index in [1.807, 2.05) is 0 Å². The molecule has 0 spiro atoms. The summed E-state index contributed by atoms with van der Waals surface area (Å²) in [6.07, 6.45) is 0.749. The fraction of sp³-hybridized carbons (Fsp3) is 0.318. The number of hydrogen-bond donors (Lipinski definition) is 4. The summed E-state index contributed by atoms with van der Waals surface area (Å²) in [5, 5.41) is 39.8. The Morgan fingerprint density at radius 1 is 1.00 bits per heavy atom. The maximum Gasteiger partial charge on any atom is 0.238 e. The van der Waals surface area contributed by atoms with Gasteiger partial charge in [0.05, 0.1) is 19.8 Å². The average molecular weight is 429 g/mol. The normalized spacial score (nSPS) is 14.7. The van der Waals surface area contributed by atoms with Crippen molar-refractivity contribution < 1.29 is 34.3 Å². The molecule has 0 amide bonds. The van der Waals surface area contributed by atoms with Crippen molar-refractivity contribution in [3.63, 3.8) is 0 Å². The van der Waals surface area contributed by atoms with Crippen LogP contribution in [0, 0.1) is 0 Å². The standard InChI is InChI=1S/C22H23NO8/c24-14-11-16(26)19-18(12-14)31-22(21(28)20(19)27)13-2-3-15(25)17(10-13)30-7-1-4-23-5-8-29-9-6-23/h2-3,10-12,24-26,28H,1,4-9H2. The number of fused-ring (bicyclic) bond motifs is 1.